The zero-order chi connectivity index (χ0) is 17.2. The van der Waals surface area contributed by atoms with Gasteiger partial charge in [0.15, 0.2) is 0 Å². The van der Waals surface area contributed by atoms with Gasteiger partial charge in [0.1, 0.15) is 23.3 Å². The third-order valence-electron chi connectivity index (χ3n) is 4.16. The molecule has 0 spiro atoms. The number of hydrogen-bond donors (Lipinski definition) is 1. The Balaban J connectivity index is 2.59. The lowest BCUT2D eigenvalue weighted by Gasteiger charge is -2.46. The van der Waals surface area contributed by atoms with E-state index in [0.717, 1.165) is 5.56 Å². The number of aliphatic hydroxyl groups is 1. The van der Waals surface area contributed by atoms with Crippen molar-refractivity contribution in [3.05, 3.63) is 29.3 Å². The van der Waals surface area contributed by atoms with Gasteiger partial charge >= 0.3 is 0 Å². The minimum atomic E-state index is -0.843. The molecule has 1 aliphatic heterocycles. The van der Waals surface area contributed by atoms with Gasteiger partial charge in [0.05, 0.1) is 17.7 Å². The van der Waals surface area contributed by atoms with Crippen LogP contribution in [0.3, 0.4) is 0 Å². The highest BCUT2D eigenvalue weighted by Gasteiger charge is 2.45. The topological polar surface area (TPSA) is 92.6 Å². The standard InChI is InChI=1S/C17H20N4O2/c1-5-14(20-10-19)21(4)15-12-8-11(9-18)6-7-13(12)23-17(2,3)16(15)22/h6-8,15-16,22H,5H2,1-4H3/t15-,16+/m1/s1. The number of nitriles is 2. The summed E-state index contributed by atoms with van der Waals surface area (Å²) in [7, 11) is 1.79. The highest BCUT2D eigenvalue weighted by molar-refractivity contribution is 5.83. The fraction of sp³-hybridized carbons (Fsp3) is 0.471. The Kier molecular flexibility index (Phi) is 4.58. The Morgan fingerprint density at radius 1 is 1.43 bits per heavy atom. The molecule has 1 aromatic carbocycles. The number of rotatable bonds is 2. The summed E-state index contributed by atoms with van der Waals surface area (Å²) in [6.07, 6.45) is 1.52. The Labute approximate surface area is 136 Å². The highest BCUT2D eigenvalue weighted by atomic mass is 16.5. The Bertz CT molecular complexity index is 712. The average molecular weight is 312 g/mol. The molecular weight excluding hydrogens is 292 g/mol. The van der Waals surface area contributed by atoms with E-state index in [1.54, 1.807) is 36.3 Å². The molecule has 1 N–H and O–H groups in total. The number of ether oxygens (including phenoxy) is 1. The van der Waals surface area contributed by atoms with Crippen molar-refractivity contribution in [3.8, 4) is 18.0 Å². The first-order chi connectivity index (χ1) is 10.9. The third-order valence-corrected chi connectivity index (χ3v) is 4.16. The van der Waals surface area contributed by atoms with E-state index in [9.17, 15) is 5.11 Å². The SMILES string of the molecule is CCC(=NC#N)N(C)[C@@H]1c2cc(C#N)ccc2OC(C)(C)[C@H]1O. The first-order valence-corrected chi connectivity index (χ1v) is 7.45. The lowest BCUT2D eigenvalue weighted by molar-refractivity contribution is -0.0786. The van der Waals surface area contributed by atoms with Gasteiger partial charge in [-0.15, -0.1) is 0 Å². The number of aliphatic imine (C=N–C) groups is 1. The van der Waals surface area contributed by atoms with Crippen molar-refractivity contribution in [1.29, 1.82) is 10.5 Å². The van der Waals surface area contributed by atoms with Gasteiger partial charge in [-0.3, -0.25) is 0 Å². The van der Waals surface area contributed by atoms with Crippen LogP contribution in [-0.2, 0) is 0 Å². The molecule has 6 nitrogen and oxygen atoms in total. The Hall–Kier alpha value is -2.57. The zero-order valence-corrected chi connectivity index (χ0v) is 13.7. The van der Waals surface area contributed by atoms with Crippen molar-refractivity contribution >= 4 is 5.84 Å². The molecule has 120 valence electrons. The quantitative estimate of drug-likeness (QED) is 0.514. The maximum atomic E-state index is 10.8. The normalized spacial score (nSPS) is 22.3. The summed E-state index contributed by atoms with van der Waals surface area (Å²) in [6, 6.07) is 6.80. The maximum Gasteiger partial charge on any atom is 0.207 e. The van der Waals surface area contributed by atoms with E-state index < -0.39 is 17.7 Å². The molecule has 6 heteroatoms. The number of fused-ring (bicyclic) bond motifs is 1. The average Bonchev–Trinajstić information content (AvgIpc) is 2.52. The Morgan fingerprint density at radius 3 is 2.70 bits per heavy atom. The predicted molar refractivity (Wildman–Crippen MR) is 85.7 cm³/mol. The predicted octanol–water partition coefficient (Wildman–Crippen LogP) is 2.35. The molecule has 0 radical (unpaired) electrons. The molecule has 0 saturated heterocycles. The molecule has 0 aliphatic carbocycles. The highest BCUT2D eigenvalue weighted by Crippen LogP contribution is 2.43. The largest absolute Gasteiger partial charge is 0.485 e. The van der Waals surface area contributed by atoms with Gasteiger partial charge in [-0.05, 0) is 32.0 Å². The van der Waals surface area contributed by atoms with Crippen molar-refractivity contribution in [2.45, 2.75) is 44.9 Å². The fourth-order valence-electron chi connectivity index (χ4n) is 2.88. The number of likely N-dealkylation sites (N-methyl/N-ethyl adjacent to an activating group) is 1. The molecule has 0 saturated carbocycles. The molecule has 0 fully saturated rings. The van der Waals surface area contributed by atoms with Crippen LogP contribution in [0.25, 0.3) is 0 Å². The second kappa shape index (κ2) is 6.28. The fourth-order valence-corrected chi connectivity index (χ4v) is 2.88. The number of benzene rings is 1. The monoisotopic (exact) mass is 312 g/mol. The summed E-state index contributed by atoms with van der Waals surface area (Å²) in [5, 5.41) is 28.8. The van der Waals surface area contributed by atoms with E-state index in [1.807, 2.05) is 20.8 Å². The lowest BCUT2D eigenvalue weighted by Crippen LogP contribution is -2.53. The van der Waals surface area contributed by atoms with Crippen LogP contribution in [0, 0.1) is 22.8 Å². The number of amidine groups is 1. The molecule has 2 atom stereocenters. The number of nitrogens with zero attached hydrogens (tertiary/aromatic N) is 4. The van der Waals surface area contributed by atoms with Gasteiger partial charge in [0.2, 0.25) is 6.19 Å². The van der Waals surface area contributed by atoms with Gasteiger partial charge in [0.25, 0.3) is 0 Å². The summed E-state index contributed by atoms with van der Waals surface area (Å²) in [5.74, 6) is 1.20. The first-order valence-electron chi connectivity index (χ1n) is 7.45. The van der Waals surface area contributed by atoms with Crippen molar-refractivity contribution in [3.63, 3.8) is 0 Å². The zero-order valence-electron chi connectivity index (χ0n) is 13.7. The third kappa shape index (κ3) is 2.99. The van der Waals surface area contributed by atoms with E-state index in [1.165, 1.54) is 0 Å². The van der Waals surface area contributed by atoms with Crippen LogP contribution >= 0.6 is 0 Å². The van der Waals surface area contributed by atoms with Gasteiger partial charge < -0.3 is 14.7 Å². The summed E-state index contributed by atoms with van der Waals surface area (Å²) in [5.41, 5.74) is 0.413. The molecule has 0 unspecified atom stereocenters. The van der Waals surface area contributed by atoms with Gasteiger partial charge in [-0.1, -0.05) is 6.92 Å². The number of aliphatic hydroxyl groups excluding tert-OH is 1. The molecule has 2 rings (SSSR count). The summed E-state index contributed by atoms with van der Waals surface area (Å²) >= 11 is 0. The van der Waals surface area contributed by atoms with Crippen molar-refractivity contribution in [1.82, 2.24) is 4.90 Å². The second-order valence-electron chi connectivity index (χ2n) is 6.05. The molecule has 0 aromatic heterocycles. The van der Waals surface area contributed by atoms with Crippen molar-refractivity contribution in [2.24, 2.45) is 4.99 Å². The molecule has 1 aromatic rings. The van der Waals surface area contributed by atoms with Crippen LogP contribution in [0.4, 0.5) is 0 Å². The van der Waals surface area contributed by atoms with Crippen LogP contribution in [0.1, 0.15) is 44.4 Å². The summed E-state index contributed by atoms with van der Waals surface area (Å²) in [6.45, 7) is 5.52. The van der Waals surface area contributed by atoms with Gasteiger partial charge in [-0.2, -0.15) is 15.5 Å². The van der Waals surface area contributed by atoms with Crippen LogP contribution in [-0.4, -0.2) is 34.6 Å². The number of hydrogen-bond acceptors (Lipinski definition) is 5. The van der Waals surface area contributed by atoms with Crippen LogP contribution in [0.2, 0.25) is 0 Å². The molecular formula is C17H20N4O2. The van der Waals surface area contributed by atoms with Crippen molar-refractivity contribution in [2.75, 3.05) is 7.05 Å². The van der Waals surface area contributed by atoms with Crippen molar-refractivity contribution < 1.29 is 9.84 Å². The minimum Gasteiger partial charge on any atom is -0.485 e. The maximum absolute atomic E-state index is 10.8. The molecule has 1 heterocycles. The van der Waals surface area contributed by atoms with E-state index in [-0.39, 0.29) is 0 Å². The van der Waals surface area contributed by atoms with E-state index in [0.29, 0.717) is 23.6 Å². The molecule has 23 heavy (non-hydrogen) atoms. The van der Waals surface area contributed by atoms with E-state index in [2.05, 4.69) is 11.1 Å². The first kappa shape index (κ1) is 16.8. The van der Waals surface area contributed by atoms with Crippen LogP contribution < -0.4 is 4.74 Å². The smallest absolute Gasteiger partial charge is 0.207 e. The van der Waals surface area contributed by atoms with E-state index >= 15 is 0 Å². The molecule has 0 bridgehead atoms. The van der Waals surface area contributed by atoms with Gasteiger partial charge in [-0.25, -0.2) is 0 Å². The minimum absolute atomic E-state index is 0.450. The summed E-state index contributed by atoms with van der Waals surface area (Å²) < 4.78 is 5.89. The summed E-state index contributed by atoms with van der Waals surface area (Å²) in [4.78, 5) is 5.64. The lowest BCUT2D eigenvalue weighted by atomic mass is 9.85. The van der Waals surface area contributed by atoms with Crippen LogP contribution in [0.15, 0.2) is 23.2 Å². The second-order valence-corrected chi connectivity index (χ2v) is 6.05. The van der Waals surface area contributed by atoms with Gasteiger partial charge in [0, 0.05) is 19.0 Å². The van der Waals surface area contributed by atoms with Crippen LogP contribution in [0.5, 0.6) is 5.75 Å². The molecule has 0 amide bonds. The molecule has 1 aliphatic rings. The Morgan fingerprint density at radius 2 is 2.13 bits per heavy atom. The van der Waals surface area contributed by atoms with E-state index in [4.69, 9.17) is 15.3 Å².